The molecule has 1 aromatic carbocycles. The predicted octanol–water partition coefficient (Wildman–Crippen LogP) is 4.88. The molecule has 0 radical (unpaired) electrons. The van der Waals surface area contributed by atoms with Crippen molar-refractivity contribution in [1.29, 1.82) is 0 Å². The summed E-state index contributed by atoms with van der Waals surface area (Å²) in [5.74, 6) is 0.0120. The van der Waals surface area contributed by atoms with Gasteiger partial charge in [-0.25, -0.2) is 4.39 Å². The van der Waals surface area contributed by atoms with E-state index in [1.807, 2.05) is 12.1 Å². The second-order valence-electron chi connectivity index (χ2n) is 3.07. The fraction of sp³-hybridized carbons (Fsp3) is 0.0909. The van der Waals surface area contributed by atoms with E-state index in [4.69, 9.17) is 16.3 Å². The number of thiophene rings is 1. The van der Waals surface area contributed by atoms with Crippen LogP contribution in [-0.2, 0) is 6.61 Å². The molecule has 0 unspecified atom stereocenters. The molecule has 0 saturated carbocycles. The average Bonchev–Trinajstić information content (AvgIpc) is 2.66. The van der Waals surface area contributed by atoms with E-state index in [9.17, 15) is 4.39 Å². The highest BCUT2D eigenvalue weighted by molar-refractivity contribution is 9.11. The third kappa shape index (κ3) is 2.97. The fourth-order valence-electron chi connectivity index (χ4n) is 1.15. The number of ether oxygens (including phenoxy) is 1. The smallest absolute Gasteiger partial charge is 0.145 e. The maximum Gasteiger partial charge on any atom is 0.145 e. The van der Waals surface area contributed by atoms with E-state index >= 15 is 0 Å². The predicted molar refractivity (Wildman–Crippen MR) is 67.8 cm³/mol. The highest BCUT2D eigenvalue weighted by Gasteiger charge is 2.03. The minimum absolute atomic E-state index is 0.103. The minimum Gasteiger partial charge on any atom is -0.488 e. The average molecular weight is 322 g/mol. The second-order valence-corrected chi connectivity index (χ2v) is 6.03. The Hall–Kier alpha value is -0.580. The fourth-order valence-corrected chi connectivity index (χ4v) is 2.66. The van der Waals surface area contributed by atoms with Crippen LogP contribution in [0.4, 0.5) is 4.39 Å². The van der Waals surface area contributed by atoms with Crippen molar-refractivity contribution < 1.29 is 9.13 Å². The summed E-state index contributed by atoms with van der Waals surface area (Å²) >= 11 is 10.5. The van der Waals surface area contributed by atoms with Crippen LogP contribution in [0, 0.1) is 5.82 Å². The molecule has 2 rings (SSSR count). The number of halogens is 3. The molecular weight excluding hydrogens is 315 g/mol. The monoisotopic (exact) mass is 320 g/mol. The van der Waals surface area contributed by atoms with Crippen LogP contribution in [0.5, 0.6) is 5.75 Å². The molecular formula is C11H7BrClFOS. The molecule has 0 bridgehead atoms. The molecule has 2 aromatic rings. The molecule has 5 heteroatoms. The van der Waals surface area contributed by atoms with Crippen molar-refractivity contribution in [3.63, 3.8) is 0 Å². The molecule has 0 aliphatic rings. The molecule has 0 atom stereocenters. The van der Waals surface area contributed by atoms with Gasteiger partial charge in [-0.2, -0.15) is 0 Å². The lowest BCUT2D eigenvalue weighted by Gasteiger charge is -2.04. The summed E-state index contributed by atoms with van der Waals surface area (Å²) < 4.78 is 19.6. The Morgan fingerprint density at radius 1 is 1.31 bits per heavy atom. The molecule has 0 fully saturated rings. The topological polar surface area (TPSA) is 9.23 Å². The van der Waals surface area contributed by atoms with E-state index in [2.05, 4.69) is 15.9 Å². The molecule has 0 amide bonds. The number of hydrogen-bond acceptors (Lipinski definition) is 2. The van der Waals surface area contributed by atoms with Crippen LogP contribution in [0.15, 0.2) is 34.1 Å². The SMILES string of the molecule is Fc1cc(OCc2ccc(Br)s2)ccc1Cl. The maximum atomic E-state index is 13.1. The summed E-state index contributed by atoms with van der Waals surface area (Å²) in [4.78, 5) is 1.07. The van der Waals surface area contributed by atoms with Gasteiger partial charge in [0.2, 0.25) is 0 Å². The Morgan fingerprint density at radius 3 is 2.75 bits per heavy atom. The first kappa shape index (κ1) is 11.9. The van der Waals surface area contributed by atoms with E-state index in [0.29, 0.717) is 12.4 Å². The molecule has 0 N–H and O–H groups in total. The highest BCUT2D eigenvalue weighted by Crippen LogP contribution is 2.25. The second kappa shape index (κ2) is 5.17. The molecule has 0 aliphatic carbocycles. The number of hydrogen-bond donors (Lipinski definition) is 0. The van der Waals surface area contributed by atoms with E-state index in [-0.39, 0.29) is 5.02 Å². The number of benzene rings is 1. The molecule has 0 aliphatic heterocycles. The molecule has 1 aromatic heterocycles. The van der Waals surface area contributed by atoms with Gasteiger partial charge in [-0.1, -0.05) is 11.6 Å². The first-order chi connectivity index (χ1) is 7.65. The van der Waals surface area contributed by atoms with Gasteiger partial charge in [-0.3, -0.25) is 0 Å². The molecule has 0 saturated heterocycles. The summed E-state index contributed by atoms with van der Waals surface area (Å²) in [5.41, 5.74) is 0. The van der Waals surface area contributed by atoms with Crippen molar-refractivity contribution in [2.45, 2.75) is 6.61 Å². The van der Waals surface area contributed by atoms with E-state index < -0.39 is 5.82 Å². The van der Waals surface area contributed by atoms with Gasteiger partial charge in [0.05, 0.1) is 8.81 Å². The van der Waals surface area contributed by atoms with Crippen LogP contribution in [0.2, 0.25) is 5.02 Å². The first-order valence-corrected chi connectivity index (χ1v) is 6.46. The lowest BCUT2D eigenvalue weighted by molar-refractivity contribution is 0.308. The Bertz CT molecular complexity index is 500. The van der Waals surface area contributed by atoms with Gasteiger partial charge >= 0.3 is 0 Å². The van der Waals surface area contributed by atoms with Crippen molar-refractivity contribution in [2.24, 2.45) is 0 Å². The van der Waals surface area contributed by atoms with Crippen molar-refractivity contribution in [3.8, 4) is 5.75 Å². The third-order valence-electron chi connectivity index (χ3n) is 1.90. The Kier molecular flexibility index (Phi) is 3.84. The van der Waals surface area contributed by atoms with Crippen LogP contribution in [0.1, 0.15) is 4.88 Å². The lowest BCUT2D eigenvalue weighted by atomic mass is 10.3. The van der Waals surface area contributed by atoms with Gasteiger partial charge in [0.1, 0.15) is 18.2 Å². The minimum atomic E-state index is -0.466. The van der Waals surface area contributed by atoms with E-state index in [1.165, 1.54) is 12.1 Å². The van der Waals surface area contributed by atoms with Crippen LogP contribution in [0.25, 0.3) is 0 Å². The van der Waals surface area contributed by atoms with Crippen molar-refractivity contribution in [1.82, 2.24) is 0 Å². The van der Waals surface area contributed by atoms with Gasteiger partial charge in [-0.05, 0) is 40.2 Å². The zero-order valence-electron chi connectivity index (χ0n) is 8.04. The van der Waals surface area contributed by atoms with Crippen LogP contribution in [-0.4, -0.2) is 0 Å². The van der Waals surface area contributed by atoms with Crippen LogP contribution >= 0.6 is 38.9 Å². The lowest BCUT2D eigenvalue weighted by Crippen LogP contribution is -1.93. The Morgan fingerprint density at radius 2 is 2.12 bits per heavy atom. The van der Waals surface area contributed by atoms with Gasteiger partial charge in [0.25, 0.3) is 0 Å². The molecule has 1 heterocycles. The van der Waals surface area contributed by atoms with Crippen LogP contribution in [0.3, 0.4) is 0 Å². The van der Waals surface area contributed by atoms with Gasteiger partial charge in [0, 0.05) is 10.9 Å². The maximum absolute atomic E-state index is 13.1. The molecule has 84 valence electrons. The van der Waals surface area contributed by atoms with Crippen molar-refractivity contribution in [3.05, 3.63) is 49.8 Å². The third-order valence-corrected chi connectivity index (χ3v) is 3.80. The highest BCUT2D eigenvalue weighted by atomic mass is 79.9. The van der Waals surface area contributed by atoms with Crippen molar-refractivity contribution >= 4 is 38.9 Å². The van der Waals surface area contributed by atoms with Gasteiger partial charge < -0.3 is 4.74 Å². The van der Waals surface area contributed by atoms with E-state index in [0.717, 1.165) is 8.66 Å². The number of rotatable bonds is 3. The molecule has 0 spiro atoms. The summed E-state index contributed by atoms with van der Waals surface area (Å²) in [6, 6.07) is 8.32. The molecule has 1 nitrogen and oxygen atoms in total. The van der Waals surface area contributed by atoms with Gasteiger partial charge in [0.15, 0.2) is 0 Å². The largest absolute Gasteiger partial charge is 0.488 e. The van der Waals surface area contributed by atoms with Gasteiger partial charge in [-0.15, -0.1) is 11.3 Å². The van der Waals surface area contributed by atoms with Crippen LogP contribution < -0.4 is 4.74 Å². The Balaban J connectivity index is 2.02. The Labute approximate surface area is 110 Å². The molecule has 16 heavy (non-hydrogen) atoms. The zero-order valence-corrected chi connectivity index (χ0v) is 11.2. The zero-order chi connectivity index (χ0) is 11.5. The normalized spacial score (nSPS) is 10.4. The quantitative estimate of drug-likeness (QED) is 0.782. The summed E-state index contributed by atoms with van der Waals surface area (Å²) in [7, 11) is 0. The summed E-state index contributed by atoms with van der Waals surface area (Å²) in [5, 5.41) is 0.103. The standard InChI is InChI=1S/C11H7BrClFOS/c12-11-4-2-8(16-11)6-15-7-1-3-9(13)10(14)5-7/h1-5H,6H2. The van der Waals surface area contributed by atoms with E-state index in [1.54, 1.807) is 17.4 Å². The summed E-state index contributed by atoms with van der Waals surface area (Å²) in [6.07, 6.45) is 0. The van der Waals surface area contributed by atoms with Crippen molar-refractivity contribution in [2.75, 3.05) is 0 Å². The summed E-state index contributed by atoms with van der Waals surface area (Å²) in [6.45, 7) is 0.428. The first-order valence-electron chi connectivity index (χ1n) is 4.47.